The molecular weight excluding hydrogens is 360 g/mol. The zero-order valence-corrected chi connectivity index (χ0v) is 15.6. The van der Waals surface area contributed by atoms with Crippen LogP contribution in [0.1, 0.15) is 94.1 Å². The number of hydrogen-bond acceptors (Lipinski definition) is 3. The van der Waals surface area contributed by atoms with Crippen LogP contribution in [0.5, 0.6) is 0 Å². The molecule has 164 valence electrons. The molecule has 2 aromatic rings. The fourth-order valence-electron chi connectivity index (χ4n) is 3.99. The van der Waals surface area contributed by atoms with Crippen molar-refractivity contribution < 1.29 is 15.3 Å². The van der Waals surface area contributed by atoms with Gasteiger partial charge in [0.1, 0.15) is 0 Å². The summed E-state index contributed by atoms with van der Waals surface area (Å²) in [5, 5.41) is 28.1. The summed E-state index contributed by atoms with van der Waals surface area (Å²) >= 11 is 0. The number of aliphatic hydroxyl groups excluding tert-OH is 3. The molecule has 3 nitrogen and oxygen atoms in total. The molecule has 4 rings (SSSR count). The highest BCUT2D eigenvalue weighted by molar-refractivity contribution is 5.38. The van der Waals surface area contributed by atoms with Crippen LogP contribution in [-0.4, -0.2) is 21.9 Å². The Labute approximate surface area is 178 Å². The van der Waals surface area contributed by atoms with Crippen molar-refractivity contribution in [3.05, 3.63) is 69.8 Å². The molecule has 0 aliphatic heterocycles. The Bertz CT molecular complexity index is 675. The second-order valence-electron chi connectivity index (χ2n) is 7.40. The van der Waals surface area contributed by atoms with Crippen LogP contribution in [0.3, 0.4) is 0 Å². The minimum Gasteiger partial charge on any atom is -0.396 e. The van der Waals surface area contributed by atoms with Crippen LogP contribution in [0.2, 0.25) is 0 Å². The van der Waals surface area contributed by atoms with E-state index in [2.05, 4.69) is 31.2 Å². The van der Waals surface area contributed by atoms with Gasteiger partial charge in [0.15, 0.2) is 0 Å². The second-order valence-corrected chi connectivity index (χ2v) is 7.40. The zero-order valence-electron chi connectivity index (χ0n) is 15.6. The normalized spacial score (nSPS) is 18.2. The number of aryl methyl sites for hydroxylation is 3. The van der Waals surface area contributed by atoms with Crippen molar-refractivity contribution in [2.75, 3.05) is 6.61 Å². The lowest BCUT2D eigenvalue weighted by Gasteiger charge is -2.06. The summed E-state index contributed by atoms with van der Waals surface area (Å²) in [6.45, 7) is 2.36. The van der Waals surface area contributed by atoms with Crippen LogP contribution in [-0.2, 0) is 25.7 Å². The maximum absolute atomic E-state index is 9.67. The Kier molecular flexibility index (Phi) is 12.1. The van der Waals surface area contributed by atoms with Crippen molar-refractivity contribution in [1.82, 2.24) is 0 Å². The summed E-state index contributed by atoms with van der Waals surface area (Å²) in [7, 11) is 0. The molecule has 0 saturated carbocycles. The highest BCUT2D eigenvalue weighted by atomic mass is 16.3. The van der Waals surface area contributed by atoms with Gasteiger partial charge in [-0.2, -0.15) is 0 Å². The lowest BCUT2D eigenvalue weighted by atomic mass is 10.0. The monoisotopic (exact) mass is 402 g/mol. The van der Waals surface area contributed by atoms with Gasteiger partial charge in [-0.25, -0.2) is 0 Å². The summed E-state index contributed by atoms with van der Waals surface area (Å²) < 4.78 is 0. The fourth-order valence-corrected chi connectivity index (χ4v) is 3.99. The van der Waals surface area contributed by atoms with Gasteiger partial charge in [-0.15, -0.1) is 0 Å². The van der Waals surface area contributed by atoms with Gasteiger partial charge in [0, 0.05) is 6.61 Å². The standard InChI is InChI=1S/C12H16O.C11H14O2.3CH4/c1-2-3-9-4-5-10-6-7-12(13)11(10)8-9;12-6-5-8-1-2-9-3-4-11(13)10(9)7-8;;;/h4-5,8,12-13H,2-3,6-7H2,1H3;1-2,7,11-13H,3-6H2;3*1H4. The Morgan fingerprint density at radius 1 is 0.759 bits per heavy atom. The van der Waals surface area contributed by atoms with Crippen molar-refractivity contribution in [3.63, 3.8) is 0 Å². The van der Waals surface area contributed by atoms with Gasteiger partial charge < -0.3 is 15.3 Å². The molecule has 0 aromatic heterocycles. The predicted molar refractivity (Wildman–Crippen MR) is 124 cm³/mol. The predicted octanol–water partition coefficient (Wildman–Crippen LogP) is 5.73. The third-order valence-corrected chi connectivity index (χ3v) is 5.45. The lowest BCUT2D eigenvalue weighted by Crippen LogP contribution is -1.95. The van der Waals surface area contributed by atoms with Crippen molar-refractivity contribution in [2.24, 2.45) is 0 Å². The Morgan fingerprint density at radius 2 is 1.21 bits per heavy atom. The summed E-state index contributed by atoms with van der Waals surface area (Å²) in [4.78, 5) is 0. The van der Waals surface area contributed by atoms with Gasteiger partial charge in [-0.3, -0.25) is 0 Å². The SMILES string of the molecule is C.C.C.CCCc1ccc2c(c1)C(O)CC2.OCCc1ccc2c(c1)C(O)CC2. The van der Waals surface area contributed by atoms with E-state index in [4.69, 9.17) is 5.11 Å². The van der Waals surface area contributed by atoms with E-state index in [0.29, 0.717) is 6.42 Å². The molecule has 29 heavy (non-hydrogen) atoms. The molecule has 2 unspecified atom stereocenters. The van der Waals surface area contributed by atoms with Gasteiger partial charge in [0.05, 0.1) is 12.2 Å². The average Bonchev–Trinajstić information content (AvgIpc) is 3.20. The van der Waals surface area contributed by atoms with E-state index < -0.39 is 0 Å². The van der Waals surface area contributed by atoms with Gasteiger partial charge in [0.2, 0.25) is 0 Å². The minimum atomic E-state index is -0.284. The van der Waals surface area contributed by atoms with Crippen LogP contribution >= 0.6 is 0 Å². The molecule has 2 aromatic carbocycles. The van der Waals surface area contributed by atoms with E-state index in [1.165, 1.54) is 28.7 Å². The molecule has 0 amide bonds. The number of hydrogen-bond donors (Lipinski definition) is 3. The second kappa shape index (κ2) is 12.8. The topological polar surface area (TPSA) is 60.7 Å². The van der Waals surface area contributed by atoms with Crippen LogP contribution in [0, 0.1) is 0 Å². The van der Waals surface area contributed by atoms with Crippen molar-refractivity contribution in [1.29, 1.82) is 0 Å². The molecule has 0 heterocycles. The van der Waals surface area contributed by atoms with Crippen molar-refractivity contribution in [3.8, 4) is 0 Å². The molecule has 3 N–H and O–H groups in total. The third-order valence-electron chi connectivity index (χ3n) is 5.45. The number of rotatable bonds is 4. The number of fused-ring (bicyclic) bond motifs is 2. The molecule has 2 atom stereocenters. The highest BCUT2D eigenvalue weighted by Crippen LogP contribution is 2.32. The first kappa shape index (κ1) is 27.3. The van der Waals surface area contributed by atoms with Gasteiger partial charge >= 0.3 is 0 Å². The van der Waals surface area contributed by atoms with Crippen LogP contribution in [0.4, 0.5) is 0 Å². The largest absolute Gasteiger partial charge is 0.396 e. The maximum atomic E-state index is 9.67. The first-order chi connectivity index (χ1) is 12.6. The van der Waals surface area contributed by atoms with E-state index in [0.717, 1.165) is 43.2 Å². The van der Waals surface area contributed by atoms with E-state index in [9.17, 15) is 10.2 Å². The maximum Gasteiger partial charge on any atom is 0.0796 e. The minimum absolute atomic E-state index is 0. The molecule has 2 aliphatic carbocycles. The first-order valence-electron chi connectivity index (χ1n) is 9.82. The Morgan fingerprint density at radius 3 is 1.62 bits per heavy atom. The van der Waals surface area contributed by atoms with Crippen molar-refractivity contribution in [2.45, 2.75) is 86.4 Å². The van der Waals surface area contributed by atoms with Crippen molar-refractivity contribution >= 4 is 0 Å². The molecular formula is C26H42O3. The first-order valence-corrected chi connectivity index (χ1v) is 9.82. The third kappa shape index (κ3) is 6.67. The molecule has 0 fully saturated rings. The fraction of sp³-hybridized carbons (Fsp3) is 0.538. The number of aliphatic hydroxyl groups is 3. The van der Waals surface area contributed by atoms with E-state index in [1.807, 2.05) is 12.1 Å². The van der Waals surface area contributed by atoms with E-state index >= 15 is 0 Å². The van der Waals surface area contributed by atoms with Crippen LogP contribution in [0.15, 0.2) is 36.4 Å². The Balaban J connectivity index is 0.000000490. The van der Waals surface area contributed by atoms with Crippen LogP contribution < -0.4 is 0 Å². The summed E-state index contributed by atoms with van der Waals surface area (Å²) in [5.41, 5.74) is 7.31. The average molecular weight is 403 g/mol. The quantitative estimate of drug-likeness (QED) is 0.612. The van der Waals surface area contributed by atoms with Gasteiger partial charge in [0.25, 0.3) is 0 Å². The number of benzene rings is 2. The van der Waals surface area contributed by atoms with E-state index in [1.54, 1.807) is 0 Å². The van der Waals surface area contributed by atoms with E-state index in [-0.39, 0.29) is 41.1 Å². The molecule has 0 spiro atoms. The van der Waals surface area contributed by atoms with Gasteiger partial charge in [-0.05, 0) is 71.9 Å². The molecule has 0 saturated heterocycles. The summed E-state index contributed by atoms with van der Waals surface area (Å²) in [6, 6.07) is 12.7. The molecule has 3 heteroatoms. The summed E-state index contributed by atoms with van der Waals surface area (Å²) in [5.74, 6) is 0. The molecule has 0 bridgehead atoms. The molecule has 0 radical (unpaired) electrons. The van der Waals surface area contributed by atoms with Gasteiger partial charge in [-0.1, -0.05) is 72.0 Å². The molecule has 2 aliphatic rings. The summed E-state index contributed by atoms with van der Waals surface area (Å²) in [6.07, 6.45) is 6.27. The smallest absolute Gasteiger partial charge is 0.0796 e. The lowest BCUT2D eigenvalue weighted by molar-refractivity contribution is 0.179. The van der Waals surface area contributed by atoms with Crippen LogP contribution in [0.25, 0.3) is 0 Å². The zero-order chi connectivity index (χ0) is 18.5. The highest BCUT2D eigenvalue weighted by Gasteiger charge is 2.20. The Hall–Kier alpha value is -1.68.